The fraction of sp³-hybridized carbons (Fsp3) is 0.431. The van der Waals surface area contributed by atoms with Crippen molar-refractivity contribution in [3.8, 4) is 11.5 Å². The van der Waals surface area contributed by atoms with Crippen LogP contribution in [-0.4, -0.2) is 120 Å². The highest BCUT2D eigenvalue weighted by Gasteiger charge is 2.41. The molecule has 4 rings (SSSR count). The standard InChI is InChI=1S/C58H72N2O18S/c1-8-15-42-30-46(25-27-48(42)61)79(69,70)47-26-28-49(43(31-47)16-9-2)78-56(68)60-45-23-19-41(20-24-45)29-40-17-21-44(22-18-40)59-55(67)77-39-58(37-75-53(65)13-6,38-76-54(66)14-7)33-71-32-57(34-72-50(62)10-3,35-73-51(63)11-4)36-74-52(64)12-5/h8-14,25-28,30-31,40-41,44-45,61H,1-7,15-24,29,32-39H2,(H,59,67)(H,60,68). The van der Waals surface area contributed by atoms with Crippen molar-refractivity contribution in [1.29, 1.82) is 0 Å². The Bertz CT molecular complexity index is 2580. The van der Waals surface area contributed by atoms with Crippen LogP contribution < -0.4 is 15.4 Å². The van der Waals surface area contributed by atoms with Gasteiger partial charge in [0, 0.05) is 48.0 Å². The molecule has 2 aliphatic rings. The first-order valence-electron chi connectivity index (χ1n) is 25.6. The van der Waals surface area contributed by atoms with Crippen LogP contribution >= 0.6 is 0 Å². The van der Waals surface area contributed by atoms with E-state index in [9.17, 15) is 47.1 Å². The number of hydrogen-bond acceptors (Lipinski definition) is 18. The Balaban J connectivity index is 1.32. The predicted octanol–water partition coefficient (Wildman–Crippen LogP) is 7.64. The molecule has 3 N–H and O–H groups in total. The summed E-state index contributed by atoms with van der Waals surface area (Å²) >= 11 is 0. The van der Waals surface area contributed by atoms with Gasteiger partial charge in [-0.05, 0) is 124 Å². The molecule has 428 valence electrons. The Kier molecular flexibility index (Phi) is 25.5. The summed E-state index contributed by atoms with van der Waals surface area (Å²) in [6, 6.07) is 8.03. The lowest BCUT2D eigenvalue weighted by Crippen LogP contribution is -2.48. The maximum absolute atomic E-state index is 13.6. The molecule has 21 heteroatoms. The minimum absolute atomic E-state index is 0.000599. The maximum Gasteiger partial charge on any atom is 0.412 e. The zero-order valence-corrected chi connectivity index (χ0v) is 45.3. The summed E-state index contributed by atoms with van der Waals surface area (Å²) in [5.41, 5.74) is -2.25. The van der Waals surface area contributed by atoms with E-state index in [0.717, 1.165) is 75.3 Å². The summed E-state index contributed by atoms with van der Waals surface area (Å²) < 4.78 is 71.3. The minimum Gasteiger partial charge on any atom is -0.508 e. The molecule has 2 aliphatic carbocycles. The monoisotopic (exact) mass is 1120 g/mol. The van der Waals surface area contributed by atoms with E-state index >= 15 is 0 Å². The van der Waals surface area contributed by atoms with Gasteiger partial charge in [-0.1, -0.05) is 45.0 Å². The largest absolute Gasteiger partial charge is 0.508 e. The van der Waals surface area contributed by atoms with Crippen molar-refractivity contribution in [3.63, 3.8) is 0 Å². The van der Waals surface area contributed by atoms with Crippen molar-refractivity contribution in [2.45, 2.75) is 92.5 Å². The Morgan fingerprint density at radius 1 is 0.506 bits per heavy atom. The number of carbonyl (C=O) groups excluding carboxylic acids is 7. The van der Waals surface area contributed by atoms with E-state index in [1.807, 2.05) is 0 Å². The molecule has 0 bridgehead atoms. The molecule has 0 aromatic heterocycles. The van der Waals surface area contributed by atoms with E-state index in [0.29, 0.717) is 35.8 Å². The van der Waals surface area contributed by atoms with Gasteiger partial charge in [0.05, 0.1) is 33.8 Å². The molecule has 0 radical (unpaired) electrons. The highest BCUT2D eigenvalue weighted by molar-refractivity contribution is 7.91. The molecule has 0 unspecified atom stereocenters. The third kappa shape index (κ3) is 20.5. The topological polar surface area (TPSA) is 272 Å². The smallest absolute Gasteiger partial charge is 0.412 e. The molecule has 2 amide bonds. The summed E-state index contributed by atoms with van der Waals surface area (Å²) in [5, 5.41) is 16.0. The van der Waals surface area contributed by atoms with Crippen molar-refractivity contribution in [2.24, 2.45) is 22.7 Å². The van der Waals surface area contributed by atoms with Crippen LogP contribution in [0.1, 0.15) is 68.9 Å². The molecule has 0 spiro atoms. The molecular weight excluding hydrogens is 1040 g/mol. The van der Waals surface area contributed by atoms with Crippen LogP contribution in [0.5, 0.6) is 11.5 Å². The lowest BCUT2D eigenvalue weighted by molar-refractivity contribution is -0.166. The summed E-state index contributed by atoms with van der Waals surface area (Å²) in [4.78, 5) is 87.8. The lowest BCUT2D eigenvalue weighted by Gasteiger charge is -2.36. The summed E-state index contributed by atoms with van der Waals surface area (Å²) in [6.45, 7) is 20.3. The fourth-order valence-electron chi connectivity index (χ4n) is 9.00. The molecular formula is C58H72N2O18S. The molecule has 2 fully saturated rings. The number of allylic oxidation sites excluding steroid dienone is 2. The zero-order valence-electron chi connectivity index (χ0n) is 44.5. The first-order valence-corrected chi connectivity index (χ1v) is 27.1. The van der Waals surface area contributed by atoms with E-state index in [1.165, 1.54) is 36.4 Å². The van der Waals surface area contributed by atoms with Crippen molar-refractivity contribution in [1.82, 2.24) is 10.6 Å². The number of ether oxygens (including phenoxy) is 8. The number of rotatable bonds is 32. The molecule has 0 heterocycles. The van der Waals surface area contributed by atoms with Crippen LogP contribution in [0.3, 0.4) is 0 Å². The zero-order chi connectivity index (χ0) is 58.0. The Morgan fingerprint density at radius 3 is 1.28 bits per heavy atom. The van der Waals surface area contributed by atoms with Gasteiger partial charge >= 0.3 is 42.0 Å². The highest BCUT2D eigenvalue weighted by atomic mass is 32.2. The van der Waals surface area contributed by atoms with Crippen molar-refractivity contribution < 1.29 is 85.0 Å². The van der Waals surface area contributed by atoms with Gasteiger partial charge in [0.25, 0.3) is 0 Å². The number of benzene rings is 2. The Hall–Kier alpha value is -7.78. The molecule has 0 atom stereocenters. The highest BCUT2D eigenvalue weighted by Crippen LogP contribution is 2.36. The Labute approximate surface area is 461 Å². The van der Waals surface area contributed by atoms with Crippen LogP contribution in [0.4, 0.5) is 9.59 Å². The van der Waals surface area contributed by atoms with Crippen molar-refractivity contribution >= 4 is 51.9 Å². The van der Waals surface area contributed by atoms with Crippen LogP contribution in [0.25, 0.3) is 0 Å². The lowest BCUT2D eigenvalue weighted by atomic mass is 9.76. The number of amides is 2. The van der Waals surface area contributed by atoms with E-state index in [2.05, 4.69) is 56.7 Å². The number of carbonyl (C=O) groups is 7. The predicted molar refractivity (Wildman–Crippen MR) is 289 cm³/mol. The first-order chi connectivity index (χ1) is 37.7. The molecule has 0 saturated heterocycles. The summed E-state index contributed by atoms with van der Waals surface area (Å²) in [5.74, 6) is -3.26. The number of esters is 5. The average Bonchev–Trinajstić information content (AvgIpc) is 3.50. The van der Waals surface area contributed by atoms with Gasteiger partial charge in [-0.3, -0.25) is 0 Å². The normalized spacial score (nSPS) is 17.2. The number of nitrogens with one attached hydrogen (secondary N) is 2. The number of aromatic hydroxyl groups is 1. The Morgan fingerprint density at radius 2 is 0.873 bits per heavy atom. The second-order valence-corrected chi connectivity index (χ2v) is 21.5. The van der Waals surface area contributed by atoms with Gasteiger partial charge in [-0.2, -0.15) is 0 Å². The second-order valence-electron chi connectivity index (χ2n) is 19.5. The van der Waals surface area contributed by atoms with Crippen molar-refractivity contribution in [3.05, 3.63) is 136 Å². The second kappa shape index (κ2) is 31.6. The number of phenols is 1. The van der Waals surface area contributed by atoms with Crippen LogP contribution in [-0.2, 0) is 79.8 Å². The summed E-state index contributed by atoms with van der Waals surface area (Å²) in [7, 11) is -3.98. The molecule has 2 aromatic rings. The molecule has 79 heavy (non-hydrogen) atoms. The van der Waals surface area contributed by atoms with Gasteiger partial charge < -0.3 is 53.6 Å². The fourth-order valence-corrected chi connectivity index (χ4v) is 10.4. The van der Waals surface area contributed by atoms with Gasteiger partial charge in [-0.15, -0.1) is 13.2 Å². The van der Waals surface area contributed by atoms with Crippen molar-refractivity contribution in [2.75, 3.05) is 52.9 Å². The van der Waals surface area contributed by atoms with Gasteiger partial charge in [0.1, 0.15) is 51.1 Å². The quantitative estimate of drug-likeness (QED) is 0.0275. The number of alkyl carbamates (subject to hydrolysis) is 1. The molecule has 0 aliphatic heterocycles. The van der Waals surface area contributed by atoms with Gasteiger partial charge in [0.15, 0.2) is 0 Å². The SMILES string of the molecule is C=CCc1cc(S(=O)(=O)c2ccc(OC(=O)NC3CCC(CC4CCC(NC(=O)OCC(COCC(COC(=O)C=C)(COC(=O)C=C)COC(=O)C=C)(COC(=O)C=C)COC(=O)C=C)CC4)CC3)c(CC=C)c2)ccc1O. The first kappa shape index (κ1) is 63.8. The molecule has 2 aromatic carbocycles. The third-order valence-corrected chi connectivity index (χ3v) is 15.2. The average molecular weight is 1120 g/mol. The third-order valence-electron chi connectivity index (χ3n) is 13.4. The molecule has 2 saturated carbocycles. The minimum atomic E-state index is -3.98. The van der Waals surface area contributed by atoms with Crippen LogP contribution in [0.2, 0.25) is 0 Å². The number of phenolic OH excluding ortho intramolecular Hbond substituents is 1. The van der Waals surface area contributed by atoms with Gasteiger partial charge in [0.2, 0.25) is 9.84 Å². The molecule has 20 nitrogen and oxygen atoms in total. The summed E-state index contributed by atoms with van der Waals surface area (Å²) in [6.07, 6.45) is 14.0. The van der Waals surface area contributed by atoms with E-state index < -0.39 is 116 Å². The van der Waals surface area contributed by atoms with Gasteiger partial charge in [-0.25, -0.2) is 42.0 Å². The van der Waals surface area contributed by atoms with E-state index in [1.54, 1.807) is 12.2 Å². The maximum atomic E-state index is 13.6. The number of sulfone groups is 1. The van der Waals surface area contributed by atoms with E-state index in [4.69, 9.17) is 37.9 Å². The van der Waals surface area contributed by atoms with Crippen LogP contribution in [0, 0.1) is 22.7 Å². The number of hydrogen-bond donors (Lipinski definition) is 3. The van der Waals surface area contributed by atoms with E-state index in [-0.39, 0.29) is 46.2 Å². The van der Waals surface area contributed by atoms with Crippen LogP contribution in [0.15, 0.2) is 135 Å².